The highest BCUT2D eigenvalue weighted by atomic mass is 127. The Morgan fingerprint density at radius 3 is 2.35 bits per heavy atom. The van der Waals surface area contributed by atoms with Gasteiger partial charge in [0.1, 0.15) is 0 Å². The van der Waals surface area contributed by atoms with Gasteiger partial charge in [-0.2, -0.15) is 0 Å². The van der Waals surface area contributed by atoms with E-state index in [0.717, 1.165) is 19.4 Å². The van der Waals surface area contributed by atoms with E-state index in [1.165, 1.54) is 20.3 Å². The Bertz CT molecular complexity index is 581. The van der Waals surface area contributed by atoms with Crippen LogP contribution >= 0.6 is 22.6 Å². The van der Waals surface area contributed by atoms with Gasteiger partial charge >= 0.3 is 0 Å². The van der Waals surface area contributed by atoms with Gasteiger partial charge in [-0.15, -0.1) is 0 Å². The molecule has 0 aromatic heterocycles. The molecule has 1 fully saturated rings. The van der Waals surface area contributed by atoms with Gasteiger partial charge in [0.25, 0.3) is 0 Å². The first-order valence-electron chi connectivity index (χ1n) is 6.98. The molecule has 2 aromatic rings. The van der Waals surface area contributed by atoms with Crippen LogP contribution in [0.15, 0.2) is 60.7 Å². The molecule has 1 aliphatic rings. The predicted octanol–water partition coefficient (Wildman–Crippen LogP) is 4.90. The van der Waals surface area contributed by atoms with E-state index in [1.54, 1.807) is 0 Å². The zero-order valence-electron chi connectivity index (χ0n) is 11.3. The van der Waals surface area contributed by atoms with E-state index < -0.39 is 0 Å². The predicted molar refractivity (Wildman–Crippen MR) is 91.7 cm³/mol. The van der Waals surface area contributed by atoms with Gasteiger partial charge in [-0.3, -0.25) is 0 Å². The third-order valence-corrected chi connectivity index (χ3v) is 4.28. The summed E-state index contributed by atoms with van der Waals surface area (Å²) in [6.45, 7) is 0.885. The molecule has 1 nitrogen and oxygen atoms in total. The van der Waals surface area contributed by atoms with Gasteiger partial charge < -0.3 is 4.74 Å². The second-order valence-electron chi connectivity index (χ2n) is 5.00. The summed E-state index contributed by atoms with van der Waals surface area (Å²) in [4.78, 5) is 0. The molecule has 0 saturated carbocycles. The van der Waals surface area contributed by atoms with Crippen molar-refractivity contribution in [1.29, 1.82) is 0 Å². The molecule has 2 aromatic carbocycles. The first kappa shape index (κ1) is 13.8. The minimum absolute atomic E-state index is 0.254. The molecule has 3 rings (SSSR count). The van der Waals surface area contributed by atoms with Crippen LogP contribution in [0.1, 0.15) is 24.0 Å². The maximum atomic E-state index is 5.77. The summed E-state index contributed by atoms with van der Waals surface area (Å²) < 4.78 is 7.03. The Balaban J connectivity index is 2.01. The lowest BCUT2D eigenvalue weighted by molar-refractivity contribution is 0.146. The number of rotatable bonds is 3. The van der Waals surface area contributed by atoms with Crippen LogP contribution in [0.2, 0.25) is 0 Å². The van der Waals surface area contributed by atoms with Crippen LogP contribution in [0.4, 0.5) is 0 Å². The average molecular weight is 376 g/mol. The van der Waals surface area contributed by atoms with Crippen molar-refractivity contribution in [2.75, 3.05) is 6.61 Å². The van der Waals surface area contributed by atoms with Crippen LogP contribution < -0.4 is 0 Å². The first-order chi connectivity index (χ1) is 9.83. The minimum atomic E-state index is 0.254. The van der Waals surface area contributed by atoms with Gasteiger partial charge in [-0.25, -0.2) is 0 Å². The molecule has 1 atom stereocenters. The molecule has 20 heavy (non-hydrogen) atoms. The fraction of sp³-hybridized carbons (Fsp3) is 0.222. The molecule has 1 saturated heterocycles. The topological polar surface area (TPSA) is 9.23 Å². The highest BCUT2D eigenvalue weighted by Gasteiger charge is 2.15. The van der Waals surface area contributed by atoms with Crippen molar-refractivity contribution in [3.05, 3.63) is 75.4 Å². The summed E-state index contributed by atoms with van der Waals surface area (Å²) in [5.41, 5.74) is 3.78. The van der Waals surface area contributed by atoms with Crippen molar-refractivity contribution in [3.8, 4) is 0 Å². The zero-order chi connectivity index (χ0) is 13.8. The van der Waals surface area contributed by atoms with E-state index in [4.69, 9.17) is 4.74 Å². The standard InChI is InChI=1S/C18H17IO/c19-16-10-8-15(9-11-16)18(13-17-7-4-12-20-17)14-5-2-1-3-6-14/h1-3,5-6,8-11,13,17H,4,7,12H2/b18-13+. The number of ether oxygens (including phenoxy) is 1. The molecule has 1 heterocycles. The van der Waals surface area contributed by atoms with Crippen LogP contribution in [0.25, 0.3) is 5.57 Å². The van der Waals surface area contributed by atoms with Crippen LogP contribution in [0, 0.1) is 3.57 Å². The Morgan fingerprint density at radius 2 is 1.70 bits per heavy atom. The van der Waals surface area contributed by atoms with Crippen LogP contribution in [-0.4, -0.2) is 12.7 Å². The van der Waals surface area contributed by atoms with Gasteiger partial charge in [-0.1, -0.05) is 42.5 Å². The van der Waals surface area contributed by atoms with Crippen molar-refractivity contribution >= 4 is 28.2 Å². The summed E-state index contributed by atoms with van der Waals surface area (Å²) in [7, 11) is 0. The fourth-order valence-corrected chi connectivity index (χ4v) is 2.89. The van der Waals surface area contributed by atoms with E-state index in [9.17, 15) is 0 Å². The van der Waals surface area contributed by atoms with E-state index in [0.29, 0.717) is 0 Å². The SMILES string of the molecule is Ic1ccc(/C(=C/C2CCCO2)c2ccccc2)cc1. The maximum Gasteiger partial charge on any atom is 0.0765 e. The smallest absolute Gasteiger partial charge is 0.0765 e. The van der Waals surface area contributed by atoms with E-state index >= 15 is 0 Å². The quantitative estimate of drug-likeness (QED) is 0.693. The van der Waals surface area contributed by atoms with Crippen LogP contribution in [0.3, 0.4) is 0 Å². The molecule has 0 spiro atoms. The van der Waals surface area contributed by atoms with Crippen molar-refractivity contribution in [2.24, 2.45) is 0 Å². The first-order valence-corrected chi connectivity index (χ1v) is 8.05. The van der Waals surface area contributed by atoms with Gasteiger partial charge in [-0.05, 0) is 70.3 Å². The van der Waals surface area contributed by atoms with Crippen molar-refractivity contribution in [3.63, 3.8) is 0 Å². The lowest BCUT2D eigenvalue weighted by Gasteiger charge is -2.12. The Labute approximate surface area is 133 Å². The highest BCUT2D eigenvalue weighted by molar-refractivity contribution is 14.1. The van der Waals surface area contributed by atoms with Gasteiger partial charge in [0.2, 0.25) is 0 Å². The molecule has 1 aliphatic heterocycles. The summed E-state index contributed by atoms with van der Waals surface area (Å²) in [5, 5.41) is 0. The van der Waals surface area contributed by atoms with Crippen molar-refractivity contribution in [1.82, 2.24) is 0 Å². The Hall–Kier alpha value is -1.13. The van der Waals surface area contributed by atoms with Gasteiger partial charge in [0.05, 0.1) is 6.10 Å². The van der Waals surface area contributed by atoms with Gasteiger partial charge in [0.15, 0.2) is 0 Å². The summed E-state index contributed by atoms with van der Waals surface area (Å²) in [6, 6.07) is 19.3. The summed E-state index contributed by atoms with van der Waals surface area (Å²) in [6.07, 6.45) is 4.82. The second kappa shape index (κ2) is 6.55. The lowest BCUT2D eigenvalue weighted by Crippen LogP contribution is -2.02. The largest absolute Gasteiger partial charge is 0.374 e. The van der Waals surface area contributed by atoms with E-state index in [-0.39, 0.29) is 6.10 Å². The molecular formula is C18H17IO. The molecule has 0 radical (unpaired) electrons. The zero-order valence-corrected chi connectivity index (χ0v) is 13.4. The van der Waals surface area contributed by atoms with Gasteiger partial charge in [0, 0.05) is 10.2 Å². The van der Waals surface area contributed by atoms with Crippen molar-refractivity contribution in [2.45, 2.75) is 18.9 Å². The van der Waals surface area contributed by atoms with Crippen LogP contribution in [0.5, 0.6) is 0 Å². The lowest BCUT2D eigenvalue weighted by atomic mass is 9.96. The van der Waals surface area contributed by atoms with E-state index in [1.807, 2.05) is 0 Å². The number of hydrogen-bond donors (Lipinski definition) is 0. The second-order valence-corrected chi connectivity index (χ2v) is 6.25. The molecule has 2 heteroatoms. The average Bonchev–Trinajstić information content (AvgIpc) is 3.00. The summed E-state index contributed by atoms with van der Waals surface area (Å²) in [5.74, 6) is 0. The highest BCUT2D eigenvalue weighted by Crippen LogP contribution is 2.27. The monoisotopic (exact) mass is 376 g/mol. The molecule has 102 valence electrons. The molecule has 0 N–H and O–H groups in total. The summed E-state index contributed by atoms with van der Waals surface area (Å²) >= 11 is 2.34. The fourth-order valence-electron chi connectivity index (χ4n) is 2.53. The number of benzene rings is 2. The third-order valence-electron chi connectivity index (χ3n) is 3.56. The Morgan fingerprint density at radius 1 is 1.00 bits per heavy atom. The maximum absolute atomic E-state index is 5.77. The van der Waals surface area contributed by atoms with Crippen LogP contribution in [-0.2, 0) is 4.74 Å². The molecule has 0 aliphatic carbocycles. The third kappa shape index (κ3) is 3.30. The molecular weight excluding hydrogens is 359 g/mol. The number of halogens is 1. The van der Waals surface area contributed by atoms with Crippen molar-refractivity contribution < 1.29 is 4.74 Å². The minimum Gasteiger partial charge on any atom is -0.374 e. The molecule has 0 amide bonds. The van der Waals surface area contributed by atoms with E-state index in [2.05, 4.69) is 83.3 Å². The Kier molecular flexibility index (Phi) is 4.53. The number of hydrogen-bond acceptors (Lipinski definition) is 1. The normalized spacial score (nSPS) is 19.2. The molecule has 1 unspecified atom stereocenters. The molecule has 0 bridgehead atoms.